The van der Waals surface area contributed by atoms with Gasteiger partial charge in [-0.2, -0.15) is 0 Å². The summed E-state index contributed by atoms with van der Waals surface area (Å²) in [7, 11) is 3.16. The maximum absolute atomic E-state index is 12.7. The van der Waals surface area contributed by atoms with Gasteiger partial charge in [0.2, 0.25) is 0 Å². The number of thioether (sulfide) groups is 1. The number of nitrogens with one attached hydrogen (secondary N) is 3. The molecule has 2 atom stereocenters. The van der Waals surface area contributed by atoms with Gasteiger partial charge in [-0.25, -0.2) is 0 Å². The van der Waals surface area contributed by atoms with Crippen LogP contribution in [0.5, 0.6) is 11.5 Å². The van der Waals surface area contributed by atoms with Crippen molar-refractivity contribution in [1.29, 1.82) is 0 Å². The van der Waals surface area contributed by atoms with Crippen molar-refractivity contribution in [2.24, 2.45) is 0 Å². The summed E-state index contributed by atoms with van der Waals surface area (Å²) in [6.07, 6.45) is 4.18. The average molecular weight is 469 g/mol. The Morgan fingerprint density at radius 2 is 2.03 bits per heavy atom. The van der Waals surface area contributed by atoms with Crippen LogP contribution in [0.4, 0.5) is 5.69 Å². The van der Waals surface area contributed by atoms with Crippen LogP contribution in [-0.4, -0.2) is 51.7 Å². The van der Waals surface area contributed by atoms with Gasteiger partial charge in [-0.05, 0) is 48.9 Å². The summed E-state index contributed by atoms with van der Waals surface area (Å²) in [6, 6.07) is 11.4. The molecular weight excluding hydrogens is 438 g/mol. The van der Waals surface area contributed by atoms with Gasteiger partial charge in [-0.1, -0.05) is 17.8 Å². The minimum Gasteiger partial charge on any atom is -0.493 e. The maximum atomic E-state index is 12.7. The molecule has 2 aliphatic rings. The highest BCUT2D eigenvalue weighted by Gasteiger charge is 2.28. The van der Waals surface area contributed by atoms with E-state index in [9.17, 15) is 9.59 Å². The molecule has 1 fully saturated rings. The molecule has 1 saturated heterocycles. The predicted octanol–water partition coefficient (Wildman–Crippen LogP) is 2.59. The van der Waals surface area contributed by atoms with Crippen LogP contribution in [0, 0.1) is 0 Å². The van der Waals surface area contributed by atoms with Gasteiger partial charge < -0.3 is 25.0 Å². The molecule has 174 valence electrons. The zero-order chi connectivity index (χ0) is 23.4. The summed E-state index contributed by atoms with van der Waals surface area (Å²) in [5.41, 5.74) is 2.04. The normalized spacial score (nSPS) is 20.8. The average Bonchev–Trinajstić information content (AvgIpc) is 3.30. The van der Waals surface area contributed by atoms with Crippen LogP contribution in [-0.2, 0) is 4.79 Å². The number of hydrogen-bond acceptors (Lipinski definition) is 5. The van der Waals surface area contributed by atoms with Gasteiger partial charge in [0.25, 0.3) is 11.8 Å². The summed E-state index contributed by atoms with van der Waals surface area (Å²) in [4.78, 5) is 28.5. The van der Waals surface area contributed by atoms with Gasteiger partial charge in [0.05, 0.1) is 44.4 Å². The quantitative estimate of drug-likeness (QED) is 0.545. The van der Waals surface area contributed by atoms with Crippen molar-refractivity contribution >= 4 is 35.3 Å². The Balaban J connectivity index is 1.46. The third kappa shape index (κ3) is 5.17. The second-order valence-corrected chi connectivity index (χ2v) is 9.28. The van der Waals surface area contributed by atoms with E-state index in [-0.39, 0.29) is 11.8 Å². The van der Waals surface area contributed by atoms with Crippen LogP contribution in [0.1, 0.15) is 35.7 Å². The van der Waals surface area contributed by atoms with Crippen molar-refractivity contribution < 1.29 is 24.0 Å². The standard InChI is InChI=1S/C25H29N3O4S/c1-4-28-11-5-6-18(28)15-26-24(29)17-8-10-22-19(14-17)27-25(30)23(33-22)13-16-7-9-20(31-2)21(12-16)32-3/h7-10,12-14,18H,4-6,11,15H2,1-3H3,(H,26,29)(H,27,30)/p+1. The van der Waals surface area contributed by atoms with Gasteiger partial charge in [0, 0.05) is 23.3 Å². The van der Waals surface area contributed by atoms with Gasteiger partial charge in [0.15, 0.2) is 11.5 Å². The molecule has 0 bridgehead atoms. The molecule has 3 N–H and O–H groups in total. The fraction of sp³-hybridized carbons (Fsp3) is 0.360. The number of hydrogen-bond donors (Lipinski definition) is 3. The molecule has 4 rings (SSSR count). The Kier molecular flexibility index (Phi) is 7.25. The second kappa shape index (κ2) is 10.3. The number of carbonyl (C=O) groups is 2. The van der Waals surface area contributed by atoms with E-state index in [0.29, 0.717) is 40.2 Å². The molecular formula is C25H30N3O4S+. The van der Waals surface area contributed by atoms with Crippen molar-refractivity contribution in [3.05, 3.63) is 52.4 Å². The summed E-state index contributed by atoms with van der Waals surface area (Å²) in [5, 5.41) is 5.99. The topological polar surface area (TPSA) is 81.1 Å². The first kappa shape index (κ1) is 23.2. The van der Waals surface area contributed by atoms with Gasteiger partial charge in [-0.15, -0.1) is 0 Å². The van der Waals surface area contributed by atoms with Crippen LogP contribution in [0.3, 0.4) is 0 Å². The second-order valence-electron chi connectivity index (χ2n) is 8.20. The molecule has 2 heterocycles. The first-order valence-electron chi connectivity index (χ1n) is 11.2. The molecule has 2 aliphatic heterocycles. The molecule has 2 aromatic carbocycles. The van der Waals surface area contributed by atoms with Crippen molar-refractivity contribution in [1.82, 2.24) is 5.32 Å². The van der Waals surface area contributed by atoms with Gasteiger partial charge >= 0.3 is 0 Å². The highest BCUT2D eigenvalue weighted by atomic mass is 32.2. The largest absolute Gasteiger partial charge is 0.493 e. The number of rotatable bonds is 7. The Morgan fingerprint density at radius 3 is 2.79 bits per heavy atom. The van der Waals surface area contributed by atoms with E-state index >= 15 is 0 Å². The van der Waals surface area contributed by atoms with Crippen molar-refractivity contribution in [3.63, 3.8) is 0 Å². The zero-order valence-electron chi connectivity index (χ0n) is 19.2. The predicted molar refractivity (Wildman–Crippen MR) is 130 cm³/mol. The number of fused-ring (bicyclic) bond motifs is 1. The summed E-state index contributed by atoms with van der Waals surface area (Å²) >= 11 is 1.38. The highest BCUT2D eigenvalue weighted by molar-refractivity contribution is 8.04. The van der Waals surface area contributed by atoms with Crippen LogP contribution in [0.25, 0.3) is 6.08 Å². The van der Waals surface area contributed by atoms with Crippen LogP contribution in [0.2, 0.25) is 0 Å². The lowest BCUT2D eigenvalue weighted by Gasteiger charge is -2.21. The lowest BCUT2D eigenvalue weighted by Crippen LogP contribution is -3.14. The number of likely N-dealkylation sites (tertiary alicyclic amines) is 1. The molecule has 2 amide bonds. The smallest absolute Gasteiger partial charge is 0.262 e. The molecule has 0 saturated carbocycles. The number of likely N-dealkylation sites (N-methyl/N-ethyl adjacent to an activating group) is 1. The number of ether oxygens (including phenoxy) is 2. The number of benzene rings is 2. The molecule has 2 aromatic rings. The Hall–Kier alpha value is -2.97. The minimum absolute atomic E-state index is 0.105. The van der Waals surface area contributed by atoms with Crippen molar-refractivity contribution in [2.75, 3.05) is 39.2 Å². The van der Waals surface area contributed by atoms with Crippen LogP contribution < -0.4 is 25.0 Å². The zero-order valence-corrected chi connectivity index (χ0v) is 20.0. The fourth-order valence-corrected chi connectivity index (χ4v) is 5.34. The molecule has 8 heteroatoms. The first-order chi connectivity index (χ1) is 16.0. The lowest BCUT2D eigenvalue weighted by atomic mass is 10.1. The molecule has 0 aliphatic carbocycles. The van der Waals surface area contributed by atoms with Crippen molar-refractivity contribution in [3.8, 4) is 11.5 Å². The van der Waals surface area contributed by atoms with Crippen LogP contribution >= 0.6 is 11.8 Å². The first-order valence-corrected chi connectivity index (χ1v) is 12.0. The molecule has 2 unspecified atom stereocenters. The third-order valence-electron chi connectivity index (χ3n) is 6.23. The fourth-order valence-electron chi connectivity index (χ4n) is 4.41. The van der Waals surface area contributed by atoms with Crippen molar-refractivity contribution in [2.45, 2.75) is 30.7 Å². The van der Waals surface area contributed by atoms with E-state index < -0.39 is 0 Å². The molecule has 33 heavy (non-hydrogen) atoms. The van der Waals surface area contributed by atoms with Gasteiger partial charge in [-0.3, -0.25) is 9.59 Å². The molecule has 0 aromatic heterocycles. The summed E-state index contributed by atoms with van der Waals surface area (Å²) < 4.78 is 10.6. The maximum Gasteiger partial charge on any atom is 0.262 e. The van der Waals surface area contributed by atoms with E-state index in [0.717, 1.165) is 23.4 Å². The number of quaternary nitrogens is 1. The third-order valence-corrected chi connectivity index (χ3v) is 7.33. The van der Waals surface area contributed by atoms with Crippen LogP contribution in [0.15, 0.2) is 46.2 Å². The number of carbonyl (C=O) groups excluding carboxylic acids is 2. The molecule has 7 nitrogen and oxygen atoms in total. The van der Waals surface area contributed by atoms with E-state index in [2.05, 4.69) is 17.6 Å². The summed E-state index contributed by atoms with van der Waals surface area (Å²) in [6.45, 7) is 5.13. The van der Waals surface area contributed by atoms with E-state index in [1.54, 1.807) is 25.2 Å². The number of anilines is 1. The molecule has 0 radical (unpaired) electrons. The number of methoxy groups -OCH3 is 2. The van der Waals surface area contributed by atoms with E-state index in [1.807, 2.05) is 36.4 Å². The number of amides is 2. The molecule has 0 spiro atoms. The minimum atomic E-state index is -0.201. The SMILES string of the molecule is CC[NH+]1CCCC1CNC(=O)c1ccc2c(c1)NC(=O)C(=Cc1ccc(OC)c(OC)c1)S2. The Morgan fingerprint density at radius 1 is 1.21 bits per heavy atom. The Bertz CT molecular complexity index is 1090. The lowest BCUT2D eigenvalue weighted by molar-refractivity contribution is -0.909. The highest BCUT2D eigenvalue weighted by Crippen LogP contribution is 2.40. The Labute approximate surface area is 198 Å². The van der Waals surface area contributed by atoms with E-state index in [1.165, 1.54) is 24.7 Å². The van der Waals surface area contributed by atoms with Gasteiger partial charge in [0.1, 0.15) is 6.04 Å². The summed E-state index contributed by atoms with van der Waals surface area (Å²) in [5.74, 6) is 0.928. The monoisotopic (exact) mass is 468 g/mol. The van der Waals surface area contributed by atoms with E-state index in [4.69, 9.17) is 9.47 Å².